The Kier molecular flexibility index (Phi) is 10.1. The van der Waals surface area contributed by atoms with E-state index in [-0.39, 0.29) is 69.1 Å². The van der Waals surface area contributed by atoms with Gasteiger partial charge in [-0.25, -0.2) is 14.1 Å². The molecule has 0 saturated carbocycles. The second kappa shape index (κ2) is 14.1. The number of nitrogens with zero attached hydrogens (tertiary/aromatic N) is 9. The van der Waals surface area contributed by atoms with Crippen LogP contribution in [0.4, 0.5) is 23.4 Å². The van der Waals surface area contributed by atoms with Crippen LogP contribution < -0.4 is 9.64 Å². The van der Waals surface area contributed by atoms with Gasteiger partial charge in [0.2, 0.25) is 5.91 Å². The van der Waals surface area contributed by atoms with E-state index in [0.29, 0.717) is 31.9 Å². The highest BCUT2D eigenvalue weighted by molar-refractivity contribution is 6.32. The lowest BCUT2D eigenvalue weighted by atomic mass is 9.90. The van der Waals surface area contributed by atoms with Crippen molar-refractivity contribution in [3.63, 3.8) is 0 Å². The van der Waals surface area contributed by atoms with E-state index < -0.39 is 35.2 Å². The minimum absolute atomic E-state index is 0.0208. The molecule has 0 radical (unpaired) electrons. The number of carbonyl (C=O) groups is 1. The fraction of sp³-hybridized carbons (Fsp3) is 0.472. The number of likely N-dealkylation sites (tertiary alicyclic amines) is 1. The van der Waals surface area contributed by atoms with Crippen molar-refractivity contribution in [2.45, 2.75) is 50.0 Å². The van der Waals surface area contributed by atoms with Gasteiger partial charge in [-0.2, -0.15) is 18.4 Å². The smallest absolute Gasteiger partial charge is 0.417 e. The summed E-state index contributed by atoms with van der Waals surface area (Å²) in [6.45, 7) is 3.91. The van der Waals surface area contributed by atoms with Crippen molar-refractivity contribution in [3.8, 4) is 22.9 Å². The Bertz CT molecular complexity index is 2090. The molecule has 2 aliphatic rings. The first-order valence-corrected chi connectivity index (χ1v) is 17.2. The summed E-state index contributed by atoms with van der Waals surface area (Å²) in [7, 11) is 8.92. The number of halogens is 5. The lowest BCUT2D eigenvalue weighted by Crippen LogP contribution is -2.67. The van der Waals surface area contributed by atoms with Gasteiger partial charge in [0, 0.05) is 54.8 Å². The number of pyridine rings is 1. The third-order valence-corrected chi connectivity index (χ3v) is 10.5. The number of rotatable bonds is 9. The van der Waals surface area contributed by atoms with E-state index in [1.807, 2.05) is 38.0 Å². The first kappa shape index (κ1) is 37.2. The van der Waals surface area contributed by atoms with E-state index in [4.69, 9.17) is 16.3 Å². The number of para-hydroxylation sites is 1. The molecule has 0 spiro atoms. The topological polar surface area (TPSA) is 107 Å². The van der Waals surface area contributed by atoms with E-state index in [1.165, 1.54) is 36.1 Å². The van der Waals surface area contributed by atoms with Gasteiger partial charge in [0.25, 0.3) is 0 Å². The summed E-state index contributed by atoms with van der Waals surface area (Å²) in [5, 5.41) is 18.5. The van der Waals surface area contributed by atoms with Crippen molar-refractivity contribution < 1.29 is 27.1 Å². The maximum atomic E-state index is 17.1. The van der Waals surface area contributed by atoms with Crippen LogP contribution in [0.2, 0.25) is 5.02 Å². The average molecular weight is 742 g/mol. The highest BCUT2D eigenvalue weighted by Crippen LogP contribution is 2.48. The average Bonchev–Trinajstić information content (AvgIpc) is 3.51. The second-order valence-corrected chi connectivity index (χ2v) is 14.5. The van der Waals surface area contributed by atoms with E-state index in [0.717, 1.165) is 6.07 Å². The number of ether oxygens (including phenoxy) is 1. The number of likely N-dealkylation sites (N-methyl/N-ethyl adjacent to an activating group) is 2. The number of benzene rings is 2. The number of fused-ring (bicyclic) bond motifs is 3. The molecule has 2 aromatic carbocycles. The second-order valence-electron chi connectivity index (χ2n) is 14.1. The van der Waals surface area contributed by atoms with Gasteiger partial charge < -0.3 is 24.3 Å². The molecule has 0 unspecified atom stereocenters. The molecule has 52 heavy (non-hydrogen) atoms. The number of piperidine rings is 1. The molecule has 2 atom stereocenters. The Balaban J connectivity index is 1.55. The molecule has 4 aromatic rings. The molecular formula is C36H40ClF4N9O2. The Morgan fingerprint density at radius 1 is 1.21 bits per heavy atom. The zero-order chi connectivity index (χ0) is 37.7. The molecule has 0 N–H and O–H groups in total. The summed E-state index contributed by atoms with van der Waals surface area (Å²) in [6.07, 6.45) is -1.05. The van der Waals surface area contributed by atoms with Crippen molar-refractivity contribution in [1.29, 1.82) is 5.26 Å². The molecular weight excluding hydrogens is 702 g/mol. The van der Waals surface area contributed by atoms with E-state index in [9.17, 15) is 23.2 Å². The Morgan fingerprint density at radius 3 is 2.58 bits per heavy atom. The third kappa shape index (κ3) is 6.63. The zero-order valence-corrected chi connectivity index (χ0v) is 30.6. The molecule has 2 saturated heterocycles. The Morgan fingerprint density at radius 2 is 1.94 bits per heavy atom. The highest BCUT2D eigenvalue weighted by atomic mass is 35.5. The first-order chi connectivity index (χ1) is 24.6. The maximum absolute atomic E-state index is 17.1. The van der Waals surface area contributed by atoms with Crippen LogP contribution in [0.25, 0.3) is 33.1 Å². The number of carbonyl (C=O) groups excluding carboxylic acids is 1. The van der Waals surface area contributed by atoms with Crippen LogP contribution >= 0.6 is 11.6 Å². The van der Waals surface area contributed by atoms with Crippen LogP contribution in [0.5, 0.6) is 5.75 Å². The van der Waals surface area contributed by atoms with Crippen LogP contribution in [0.1, 0.15) is 37.8 Å². The number of hydrogen-bond donors (Lipinski definition) is 0. The predicted molar refractivity (Wildman–Crippen MR) is 191 cm³/mol. The third-order valence-electron chi connectivity index (χ3n) is 10.2. The van der Waals surface area contributed by atoms with E-state index >= 15 is 4.39 Å². The van der Waals surface area contributed by atoms with Gasteiger partial charge in [0.1, 0.15) is 16.8 Å². The van der Waals surface area contributed by atoms with Gasteiger partial charge >= 0.3 is 6.18 Å². The lowest BCUT2D eigenvalue weighted by molar-refractivity contribution is -0.137. The molecule has 6 rings (SSSR count). The summed E-state index contributed by atoms with van der Waals surface area (Å²) in [4.78, 5) is 25.4. The largest absolute Gasteiger partial charge is 0.495 e. The standard InChI is InChI=1S/C36H40ClF4N9O2/c1-35(47(4)5)19-48(20-35)34-31-32(50(45-44-31)22-13-16-49(21(17-22)12-14-42)27(51)11-8-15-46(2)3)24-18-25(36(39,40)41)28(29(38)30(24)43-34)23-9-7-10-26(37)33(23)52-6/h7-11,18,21-22H,12-13,15-17,19-20H2,1-6H3/b11-8+/t21-,22+/m1/s1. The number of amides is 1. The van der Waals surface area contributed by atoms with Crippen LogP contribution in [0, 0.1) is 17.1 Å². The number of alkyl halides is 3. The van der Waals surface area contributed by atoms with E-state index in [1.54, 1.807) is 11.0 Å². The van der Waals surface area contributed by atoms with Gasteiger partial charge in [-0.1, -0.05) is 35.0 Å². The molecule has 0 aliphatic carbocycles. The van der Waals surface area contributed by atoms with Crippen molar-refractivity contribution in [2.75, 3.05) is 66.4 Å². The van der Waals surface area contributed by atoms with Crippen LogP contribution in [-0.2, 0) is 11.0 Å². The van der Waals surface area contributed by atoms with Gasteiger partial charge in [-0.15, -0.1) is 5.10 Å². The molecule has 16 heteroatoms. The van der Waals surface area contributed by atoms with Crippen molar-refractivity contribution in [2.24, 2.45) is 0 Å². The monoisotopic (exact) mass is 741 g/mol. The van der Waals surface area contributed by atoms with Crippen molar-refractivity contribution in [3.05, 3.63) is 52.8 Å². The van der Waals surface area contributed by atoms with Gasteiger partial charge in [-0.05, 0) is 60.1 Å². The van der Waals surface area contributed by atoms with Crippen LogP contribution in [0.3, 0.4) is 0 Å². The fourth-order valence-corrected chi connectivity index (χ4v) is 7.42. The summed E-state index contributed by atoms with van der Waals surface area (Å²) in [5.41, 5.74) is -2.24. The van der Waals surface area contributed by atoms with Crippen molar-refractivity contribution >= 4 is 45.3 Å². The Labute approximate surface area is 304 Å². The molecule has 2 fully saturated rings. The highest BCUT2D eigenvalue weighted by Gasteiger charge is 2.44. The van der Waals surface area contributed by atoms with Crippen LogP contribution in [-0.4, -0.2) is 114 Å². The van der Waals surface area contributed by atoms with Gasteiger partial charge in [-0.3, -0.25) is 4.79 Å². The molecule has 2 aromatic heterocycles. The Hall–Kier alpha value is -4.52. The normalized spacial score (nSPS) is 19.2. The van der Waals surface area contributed by atoms with E-state index in [2.05, 4.69) is 33.2 Å². The maximum Gasteiger partial charge on any atom is 0.417 e. The summed E-state index contributed by atoms with van der Waals surface area (Å²) < 4.78 is 68.9. The molecule has 2 aliphatic heterocycles. The van der Waals surface area contributed by atoms with Crippen LogP contribution in [0.15, 0.2) is 36.4 Å². The molecule has 1 amide bonds. The first-order valence-electron chi connectivity index (χ1n) is 16.8. The minimum atomic E-state index is -4.99. The lowest BCUT2D eigenvalue weighted by Gasteiger charge is -2.52. The SMILES string of the molecule is COc1c(Cl)cccc1-c1c(C(F)(F)F)cc2c(nc(N3CC(C)(N(C)C)C3)c3nnn([C@H]4CCN(C(=O)/C=C/CN(C)C)[C@H](CC#N)C4)c32)c1F. The number of methoxy groups -OCH3 is 1. The number of anilines is 1. The number of nitriles is 1. The molecule has 4 heterocycles. The fourth-order valence-electron chi connectivity index (χ4n) is 7.17. The molecule has 11 nitrogen and oxygen atoms in total. The molecule has 0 bridgehead atoms. The molecule has 276 valence electrons. The summed E-state index contributed by atoms with van der Waals surface area (Å²) in [6, 6.07) is 6.31. The summed E-state index contributed by atoms with van der Waals surface area (Å²) >= 11 is 6.31. The summed E-state index contributed by atoms with van der Waals surface area (Å²) in [5.74, 6) is -1.23. The van der Waals surface area contributed by atoms with Gasteiger partial charge in [0.15, 0.2) is 17.2 Å². The van der Waals surface area contributed by atoms with Crippen molar-refractivity contribution in [1.82, 2.24) is 34.7 Å². The predicted octanol–water partition coefficient (Wildman–Crippen LogP) is 6.17. The van der Waals surface area contributed by atoms with Gasteiger partial charge in [0.05, 0.1) is 41.8 Å². The number of aromatic nitrogens is 4. The quantitative estimate of drug-likeness (QED) is 0.147. The zero-order valence-electron chi connectivity index (χ0n) is 29.8. The minimum Gasteiger partial charge on any atom is -0.495 e. The number of hydrogen-bond acceptors (Lipinski definition) is 9.